The molecule has 1 fully saturated rings. The number of amides is 2. The van der Waals surface area contributed by atoms with Gasteiger partial charge in [0.25, 0.3) is 0 Å². The third kappa shape index (κ3) is 5.88. The molecule has 0 radical (unpaired) electrons. The average Bonchev–Trinajstić information content (AvgIpc) is 2.59. The summed E-state index contributed by atoms with van der Waals surface area (Å²) in [6, 6.07) is 7.73. The third-order valence-corrected chi connectivity index (χ3v) is 4.83. The van der Waals surface area contributed by atoms with Crippen LogP contribution in [-0.2, 0) is 11.2 Å². The van der Waals surface area contributed by atoms with Gasteiger partial charge in [0.05, 0.1) is 19.3 Å². The first-order valence-electron chi connectivity index (χ1n) is 9.36. The largest absolute Gasteiger partial charge is 0.496 e. The molecule has 6 heteroatoms. The van der Waals surface area contributed by atoms with Gasteiger partial charge in [0.1, 0.15) is 5.75 Å². The van der Waals surface area contributed by atoms with Gasteiger partial charge >= 0.3 is 6.03 Å². The number of rotatable bonds is 7. The molecule has 0 spiro atoms. The second-order valence-electron chi connectivity index (χ2n) is 7.65. The van der Waals surface area contributed by atoms with E-state index in [4.69, 9.17) is 9.47 Å². The van der Waals surface area contributed by atoms with Crippen molar-refractivity contribution in [3.05, 3.63) is 29.8 Å². The van der Waals surface area contributed by atoms with Gasteiger partial charge in [-0.1, -0.05) is 18.2 Å². The summed E-state index contributed by atoms with van der Waals surface area (Å²) in [5.74, 6) is 0.853. The zero-order chi connectivity index (χ0) is 19.2. The normalized spacial score (nSPS) is 21.3. The molecule has 1 aliphatic rings. The van der Waals surface area contributed by atoms with E-state index >= 15 is 0 Å². The zero-order valence-corrected chi connectivity index (χ0v) is 16.7. The Bertz CT molecular complexity index is 581. The summed E-state index contributed by atoms with van der Waals surface area (Å²) < 4.78 is 11.1. The molecule has 2 N–H and O–H groups in total. The summed E-state index contributed by atoms with van der Waals surface area (Å²) in [5, 5.41) is 5.93. The number of nitrogens with zero attached hydrogens (tertiary/aromatic N) is 1. The Balaban J connectivity index is 1.75. The van der Waals surface area contributed by atoms with Crippen molar-refractivity contribution in [2.24, 2.45) is 0 Å². The van der Waals surface area contributed by atoms with Gasteiger partial charge < -0.3 is 20.1 Å². The summed E-state index contributed by atoms with van der Waals surface area (Å²) in [4.78, 5) is 14.5. The fraction of sp³-hybridized carbons (Fsp3) is 0.650. The molecule has 6 nitrogen and oxygen atoms in total. The van der Waals surface area contributed by atoms with Crippen LogP contribution in [0.4, 0.5) is 4.79 Å². The lowest BCUT2D eigenvalue weighted by molar-refractivity contribution is -0.0947. The Hall–Kier alpha value is -1.79. The van der Waals surface area contributed by atoms with Crippen molar-refractivity contribution in [1.29, 1.82) is 0 Å². The Morgan fingerprint density at radius 1 is 1.23 bits per heavy atom. The van der Waals surface area contributed by atoms with E-state index in [1.54, 1.807) is 7.11 Å². The second-order valence-corrected chi connectivity index (χ2v) is 7.65. The predicted molar refractivity (Wildman–Crippen MR) is 104 cm³/mol. The molecule has 1 saturated heterocycles. The van der Waals surface area contributed by atoms with E-state index < -0.39 is 0 Å². The zero-order valence-electron chi connectivity index (χ0n) is 16.7. The van der Waals surface area contributed by atoms with Crippen molar-refractivity contribution >= 4 is 6.03 Å². The maximum atomic E-state index is 12.1. The first-order valence-corrected chi connectivity index (χ1v) is 9.36. The molecule has 1 heterocycles. The highest BCUT2D eigenvalue weighted by molar-refractivity contribution is 5.73. The number of hydrogen-bond acceptors (Lipinski definition) is 4. The lowest BCUT2D eigenvalue weighted by Gasteiger charge is -2.45. The van der Waals surface area contributed by atoms with Crippen LogP contribution in [0.3, 0.4) is 0 Å². The molecule has 1 aromatic rings. The van der Waals surface area contributed by atoms with Gasteiger partial charge in [-0.25, -0.2) is 4.79 Å². The van der Waals surface area contributed by atoms with E-state index in [0.29, 0.717) is 13.1 Å². The molecule has 2 amide bonds. The first kappa shape index (κ1) is 20.5. The van der Waals surface area contributed by atoms with Crippen LogP contribution < -0.4 is 15.4 Å². The van der Waals surface area contributed by atoms with Crippen molar-refractivity contribution in [3.63, 3.8) is 0 Å². The molecule has 0 saturated carbocycles. The molecule has 0 bridgehead atoms. The van der Waals surface area contributed by atoms with Crippen molar-refractivity contribution in [1.82, 2.24) is 15.5 Å². The number of benzene rings is 1. The number of methoxy groups -OCH3 is 1. The highest BCUT2D eigenvalue weighted by atomic mass is 16.5. The van der Waals surface area contributed by atoms with E-state index in [-0.39, 0.29) is 23.8 Å². The van der Waals surface area contributed by atoms with Crippen LogP contribution in [-0.4, -0.2) is 62.0 Å². The number of ether oxygens (including phenoxy) is 2. The molecule has 0 unspecified atom stereocenters. The molecular weight excluding hydrogens is 330 g/mol. The minimum absolute atomic E-state index is 0.119. The third-order valence-electron chi connectivity index (χ3n) is 4.83. The van der Waals surface area contributed by atoms with Gasteiger partial charge in [-0.3, -0.25) is 4.90 Å². The summed E-state index contributed by atoms with van der Waals surface area (Å²) in [6.07, 6.45) is 1.17. The fourth-order valence-corrected chi connectivity index (χ4v) is 3.36. The minimum Gasteiger partial charge on any atom is -0.496 e. The second kappa shape index (κ2) is 9.24. The van der Waals surface area contributed by atoms with Gasteiger partial charge in [0.2, 0.25) is 0 Å². The quantitative estimate of drug-likeness (QED) is 0.781. The Labute approximate surface area is 157 Å². The van der Waals surface area contributed by atoms with Gasteiger partial charge in [0.15, 0.2) is 0 Å². The fourth-order valence-electron chi connectivity index (χ4n) is 3.36. The van der Waals surface area contributed by atoms with Gasteiger partial charge in [-0.15, -0.1) is 0 Å². The molecule has 0 aliphatic carbocycles. The first-order chi connectivity index (χ1) is 12.3. The summed E-state index contributed by atoms with van der Waals surface area (Å²) >= 11 is 0. The van der Waals surface area contributed by atoms with Crippen LogP contribution in [0, 0.1) is 0 Å². The van der Waals surface area contributed by atoms with Crippen molar-refractivity contribution < 1.29 is 14.3 Å². The SMILES string of the molecule is COc1ccccc1CCNC(=O)NCC(C)(C)N1C[C@@H](C)O[C@@H](C)C1. The average molecular weight is 364 g/mol. The van der Waals surface area contributed by atoms with Crippen LogP contribution in [0.2, 0.25) is 0 Å². The summed E-state index contributed by atoms with van der Waals surface area (Å²) in [7, 11) is 1.66. The molecule has 0 aromatic heterocycles. The van der Waals surface area contributed by atoms with Gasteiger partial charge in [-0.05, 0) is 45.7 Å². The van der Waals surface area contributed by atoms with Crippen molar-refractivity contribution in [2.45, 2.75) is 51.9 Å². The Morgan fingerprint density at radius 2 is 1.88 bits per heavy atom. The topological polar surface area (TPSA) is 62.8 Å². The molecule has 1 aromatic carbocycles. The van der Waals surface area contributed by atoms with E-state index in [1.165, 1.54) is 0 Å². The van der Waals surface area contributed by atoms with Crippen LogP contribution in [0.25, 0.3) is 0 Å². The smallest absolute Gasteiger partial charge is 0.314 e. The molecule has 26 heavy (non-hydrogen) atoms. The number of nitrogens with one attached hydrogen (secondary N) is 2. The van der Waals surface area contributed by atoms with E-state index in [2.05, 4.69) is 43.2 Å². The standard InChI is InChI=1S/C20H33N3O3/c1-15-12-23(13-16(2)26-15)20(3,4)14-22-19(24)21-11-10-17-8-6-7-9-18(17)25-5/h6-9,15-16H,10-14H2,1-5H3,(H2,21,22,24)/t15-,16+. The predicted octanol–water partition coefficient (Wildman–Crippen LogP) is 2.42. The van der Waals surface area contributed by atoms with Crippen LogP contribution >= 0.6 is 0 Å². The van der Waals surface area contributed by atoms with Crippen LogP contribution in [0.1, 0.15) is 33.3 Å². The monoisotopic (exact) mass is 363 g/mol. The maximum Gasteiger partial charge on any atom is 0.314 e. The molecule has 146 valence electrons. The number of carbonyl (C=O) groups excluding carboxylic acids is 1. The maximum absolute atomic E-state index is 12.1. The van der Waals surface area contributed by atoms with Gasteiger partial charge in [-0.2, -0.15) is 0 Å². The minimum atomic E-state index is -0.137. The molecular formula is C20H33N3O3. The van der Waals surface area contributed by atoms with E-state index in [0.717, 1.165) is 30.8 Å². The number of carbonyl (C=O) groups is 1. The highest BCUT2D eigenvalue weighted by Gasteiger charge is 2.33. The number of morpholine rings is 1. The highest BCUT2D eigenvalue weighted by Crippen LogP contribution is 2.20. The Morgan fingerprint density at radius 3 is 2.54 bits per heavy atom. The molecule has 2 atom stereocenters. The van der Waals surface area contributed by atoms with Crippen LogP contribution in [0.15, 0.2) is 24.3 Å². The van der Waals surface area contributed by atoms with Crippen LogP contribution in [0.5, 0.6) is 5.75 Å². The lowest BCUT2D eigenvalue weighted by Crippen LogP contribution is -2.59. The lowest BCUT2D eigenvalue weighted by atomic mass is 10.00. The summed E-state index contributed by atoms with van der Waals surface area (Å²) in [6.45, 7) is 11.4. The Kier molecular flexibility index (Phi) is 7.29. The van der Waals surface area contributed by atoms with E-state index in [1.807, 2.05) is 24.3 Å². The van der Waals surface area contributed by atoms with Crippen molar-refractivity contribution in [3.8, 4) is 5.75 Å². The number of hydrogen-bond donors (Lipinski definition) is 2. The summed E-state index contributed by atoms with van der Waals surface area (Å²) in [5.41, 5.74) is 0.971. The van der Waals surface area contributed by atoms with E-state index in [9.17, 15) is 4.79 Å². The molecule has 1 aliphatic heterocycles. The number of urea groups is 1. The van der Waals surface area contributed by atoms with Crippen molar-refractivity contribution in [2.75, 3.05) is 33.3 Å². The van der Waals surface area contributed by atoms with Gasteiger partial charge in [0, 0.05) is 31.7 Å². The molecule has 2 rings (SSSR count). The number of para-hydroxylation sites is 1.